The zero-order chi connectivity index (χ0) is 23.7. The standard InChI is InChI=1S/C20H22ClN3O7S/c21-14-4-6-16(7-5-14)32(29,30)23-9-8-13-2-1-3-15(10-13)31-12-19(26)24-18(25)11-17(22)20(27)28/h1-7,10,17,23H,8-9,11-12,22H2,(H,27,28)(H,24,25,26)/t17-/m0/s1. The van der Waals surface area contributed by atoms with Gasteiger partial charge in [0.1, 0.15) is 11.8 Å². The van der Waals surface area contributed by atoms with Gasteiger partial charge < -0.3 is 15.6 Å². The summed E-state index contributed by atoms with van der Waals surface area (Å²) in [6, 6.07) is 11.0. The summed E-state index contributed by atoms with van der Waals surface area (Å²) in [5.41, 5.74) is 5.98. The average Bonchev–Trinajstić information content (AvgIpc) is 2.72. The molecule has 0 fully saturated rings. The number of amides is 2. The van der Waals surface area contributed by atoms with Crippen LogP contribution in [0, 0.1) is 0 Å². The predicted molar refractivity (Wildman–Crippen MR) is 116 cm³/mol. The Morgan fingerprint density at radius 2 is 1.78 bits per heavy atom. The molecule has 0 heterocycles. The zero-order valence-electron chi connectivity index (χ0n) is 16.8. The minimum absolute atomic E-state index is 0.101. The molecule has 0 aliphatic carbocycles. The van der Waals surface area contributed by atoms with Crippen LogP contribution in [0.1, 0.15) is 12.0 Å². The Morgan fingerprint density at radius 1 is 1.09 bits per heavy atom. The number of rotatable bonds is 11. The van der Waals surface area contributed by atoms with Crippen molar-refractivity contribution < 1.29 is 32.6 Å². The molecule has 2 amide bonds. The molecular weight excluding hydrogens is 462 g/mol. The van der Waals surface area contributed by atoms with Gasteiger partial charge in [0.15, 0.2) is 6.61 Å². The highest BCUT2D eigenvalue weighted by Crippen LogP contribution is 2.15. The summed E-state index contributed by atoms with van der Waals surface area (Å²) < 4.78 is 32.4. The highest BCUT2D eigenvalue weighted by molar-refractivity contribution is 7.89. The Kier molecular flexibility index (Phi) is 9.14. The van der Waals surface area contributed by atoms with Crippen molar-refractivity contribution in [2.75, 3.05) is 13.2 Å². The van der Waals surface area contributed by atoms with Crippen molar-refractivity contribution in [1.82, 2.24) is 10.0 Å². The molecule has 2 rings (SSSR count). The van der Waals surface area contributed by atoms with Gasteiger partial charge in [0.25, 0.3) is 5.91 Å². The number of halogens is 1. The number of hydrogen-bond acceptors (Lipinski definition) is 7. The number of sulfonamides is 1. The Bertz CT molecular complexity index is 1070. The molecule has 2 aromatic rings. The van der Waals surface area contributed by atoms with Gasteiger partial charge >= 0.3 is 5.97 Å². The lowest BCUT2D eigenvalue weighted by atomic mass is 10.1. The Hall–Kier alpha value is -2.99. The van der Waals surface area contributed by atoms with Gasteiger partial charge in [-0.05, 0) is 48.4 Å². The molecule has 12 heteroatoms. The quantitative estimate of drug-likeness (QED) is 0.362. The van der Waals surface area contributed by atoms with E-state index in [0.717, 1.165) is 5.56 Å². The van der Waals surface area contributed by atoms with Crippen molar-refractivity contribution in [1.29, 1.82) is 0 Å². The van der Waals surface area contributed by atoms with Crippen LogP contribution in [-0.4, -0.2) is 50.5 Å². The highest BCUT2D eigenvalue weighted by atomic mass is 35.5. The summed E-state index contributed by atoms with van der Waals surface area (Å²) in [5.74, 6) is -2.59. The van der Waals surface area contributed by atoms with Crippen molar-refractivity contribution >= 4 is 39.4 Å². The molecule has 32 heavy (non-hydrogen) atoms. The smallest absolute Gasteiger partial charge is 0.321 e. The van der Waals surface area contributed by atoms with Crippen LogP contribution in [0.3, 0.4) is 0 Å². The number of carboxylic acid groups (broad SMARTS) is 1. The van der Waals surface area contributed by atoms with Crippen LogP contribution in [0.15, 0.2) is 53.4 Å². The van der Waals surface area contributed by atoms with E-state index in [0.29, 0.717) is 17.2 Å². The molecule has 0 aromatic heterocycles. The summed E-state index contributed by atoms with van der Waals surface area (Å²) in [7, 11) is -3.67. The SMILES string of the molecule is N[C@@H](CC(=O)NC(=O)COc1cccc(CCNS(=O)(=O)c2ccc(Cl)cc2)c1)C(=O)O. The van der Waals surface area contributed by atoms with E-state index in [1.54, 1.807) is 24.3 Å². The lowest BCUT2D eigenvalue weighted by molar-refractivity contribution is -0.141. The number of carbonyl (C=O) groups excluding carboxylic acids is 2. The molecule has 0 aliphatic heterocycles. The van der Waals surface area contributed by atoms with E-state index < -0.39 is 46.9 Å². The number of aliphatic carboxylic acids is 1. The van der Waals surface area contributed by atoms with E-state index >= 15 is 0 Å². The maximum Gasteiger partial charge on any atom is 0.321 e. The van der Waals surface area contributed by atoms with Crippen molar-refractivity contribution in [3.8, 4) is 5.75 Å². The molecule has 0 spiro atoms. The second-order valence-electron chi connectivity index (χ2n) is 6.66. The van der Waals surface area contributed by atoms with E-state index in [4.69, 9.17) is 27.2 Å². The van der Waals surface area contributed by atoms with Gasteiger partial charge in [-0.15, -0.1) is 0 Å². The maximum absolute atomic E-state index is 12.3. The lowest BCUT2D eigenvalue weighted by Crippen LogP contribution is -2.40. The molecule has 0 bridgehead atoms. The number of carbonyl (C=O) groups is 3. The van der Waals surface area contributed by atoms with E-state index in [-0.39, 0.29) is 11.4 Å². The van der Waals surface area contributed by atoms with Crippen LogP contribution in [0.4, 0.5) is 0 Å². The van der Waals surface area contributed by atoms with Crippen molar-refractivity contribution in [3.05, 3.63) is 59.1 Å². The number of ether oxygens (including phenoxy) is 1. The third-order valence-corrected chi connectivity index (χ3v) is 5.83. The number of hydrogen-bond donors (Lipinski definition) is 4. The molecule has 0 saturated heterocycles. The fourth-order valence-corrected chi connectivity index (χ4v) is 3.65. The monoisotopic (exact) mass is 483 g/mol. The second kappa shape index (κ2) is 11.6. The van der Waals surface area contributed by atoms with Crippen LogP contribution in [0.2, 0.25) is 5.02 Å². The van der Waals surface area contributed by atoms with Gasteiger partial charge in [-0.25, -0.2) is 13.1 Å². The fourth-order valence-electron chi connectivity index (χ4n) is 2.50. The van der Waals surface area contributed by atoms with Crippen LogP contribution in [-0.2, 0) is 30.8 Å². The molecule has 0 radical (unpaired) electrons. The van der Waals surface area contributed by atoms with Gasteiger partial charge in [0, 0.05) is 11.6 Å². The minimum atomic E-state index is -3.67. The van der Waals surface area contributed by atoms with E-state index in [1.807, 2.05) is 5.32 Å². The number of nitrogens with two attached hydrogens (primary N) is 1. The van der Waals surface area contributed by atoms with E-state index in [2.05, 4.69) is 4.72 Å². The predicted octanol–water partition coefficient (Wildman–Crippen LogP) is 0.685. The molecule has 0 aliphatic rings. The molecule has 2 aromatic carbocycles. The van der Waals surface area contributed by atoms with Gasteiger partial charge in [0.2, 0.25) is 15.9 Å². The average molecular weight is 484 g/mol. The van der Waals surface area contributed by atoms with Gasteiger partial charge in [-0.3, -0.25) is 19.7 Å². The van der Waals surface area contributed by atoms with Crippen molar-refractivity contribution in [2.45, 2.75) is 23.8 Å². The van der Waals surface area contributed by atoms with Gasteiger partial charge in [-0.2, -0.15) is 0 Å². The molecule has 10 nitrogen and oxygen atoms in total. The van der Waals surface area contributed by atoms with Gasteiger partial charge in [0.05, 0.1) is 11.3 Å². The molecular formula is C20H22ClN3O7S. The maximum atomic E-state index is 12.3. The zero-order valence-corrected chi connectivity index (χ0v) is 18.4. The van der Waals surface area contributed by atoms with Crippen molar-refractivity contribution in [2.24, 2.45) is 5.73 Å². The van der Waals surface area contributed by atoms with Crippen molar-refractivity contribution in [3.63, 3.8) is 0 Å². The van der Waals surface area contributed by atoms with Gasteiger partial charge in [-0.1, -0.05) is 23.7 Å². The Morgan fingerprint density at radius 3 is 2.44 bits per heavy atom. The van der Waals surface area contributed by atoms with Crippen LogP contribution in [0.5, 0.6) is 5.75 Å². The second-order valence-corrected chi connectivity index (χ2v) is 8.86. The fraction of sp³-hybridized carbons (Fsp3) is 0.250. The first-order valence-corrected chi connectivity index (χ1v) is 11.2. The number of nitrogens with one attached hydrogen (secondary N) is 2. The first-order chi connectivity index (χ1) is 15.1. The molecule has 0 unspecified atom stereocenters. The lowest BCUT2D eigenvalue weighted by Gasteiger charge is -2.10. The first kappa shape index (κ1) is 25.3. The Labute approximate surface area is 189 Å². The first-order valence-electron chi connectivity index (χ1n) is 9.35. The molecule has 5 N–H and O–H groups in total. The largest absolute Gasteiger partial charge is 0.484 e. The van der Waals surface area contributed by atoms with Crippen LogP contribution >= 0.6 is 11.6 Å². The molecule has 172 valence electrons. The summed E-state index contributed by atoms with van der Waals surface area (Å²) >= 11 is 5.77. The third-order valence-electron chi connectivity index (χ3n) is 4.10. The summed E-state index contributed by atoms with van der Waals surface area (Å²) in [5, 5.41) is 11.1. The normalized spacial score (nSPS) is 12.1. The summed E-state index contributed by atoms with van der Waals surface area (Å²) in [6.45, 7) is -0.339. The number of imide groups is 1. The third kappa shape index (κ3) is 8.27. The van der Waals surface area contributed by atoms with E-state index in [1.165, 1.54) is 24.3 Å². The minimum Gasteiger partial charge on any atom is -0.484 e. The number of benzene rings is 2. The summed E-state index contributed by atoms with van der Waals surface area (Å²) in [6.07, 6.45) is -0.176. The Balaban J connectivity index is 1.82. The number of carboxylic acids is 1. The van der Waals surface area contributed by atoms with Crippen LogP contribution < -0.4 is 20.5 Å². The highest BCUT2D eigenvalue weighted by Gasteiger charge is 2.18. The topological polar surface area (TPSA) is 165 Å². The molecule has 1 atom stereocenters. The molecule has 0 saturated carbocycles. The van der Waals surface area contributed by atoms with Crippen LogP contribution in [0.25, 0.3) is 0 Å². The summed E-state index contributed by atoms with van der Waals surface area (Å²) in [4.78, 5) is 34.1. The van der Waals surface area contributed by atoms with E-state index in [9.17, 15) is 22.8 Å².